The average Bonchev–Trinajstić information content (AvgIpc) is 2.76. The zero-order valence-corrected chi connectivity index (χ0v) is 12.9. The monoisotopic (exact) mass is 273 g/mol. The van der Waals surface area contributed by atoms with E-state index in [1.165, 1.54) is 16.7 Å². The van der Waals surface area contributed by atoms with Gasteiger partial charge in [-0.1, -0.05) is 41.4 Å². The lowest BCUT2D eigenvalue weighted by atomic mass is 10.0. The molecule has 0 aliphatic heterocycles. The molecule has 0 spiro atoms. The van der Waals surface area contributed by atoms with Gasteiger partial charge in [-0.2, -0.15) is 4.98 Å². The van der Waals surface area contributed by atoms with Gasteiger partial charge in [0.2, 0.25) is 5.89 Å². The minimum absolute atomic E-state index is 0.289. The fourth-order valence-electron chi connectivity index (χ4n) is 2.45. The molecule has 0 saturated carbocycles. The summed E-state index contributed by atoms with van der Waals surface area (Å²) in [5.74, 6) is 1.37. The highest BCUT2D eigenvalue weighted by atomic mass is 16.5. The van der Waals surface area contributed by atoms with E-state index in [0.717, 1.165) is 12.4 Å². The molecule has 4 heteroatoms. The summed E-state index contributed by atoms with van der Waals surface area (Å²) in [5.41, 5.74) is 3.45. The van der Waals surface area contributed by atoms with Gasteiger partial charge in [0.15, 0.2) is 5.82 Å². The molecule has 0 bridgehead atoms. The molecule has 0 radical (unpaired) electrons. The molecule has 0 fully saturated rings. The third-order valence-electron chi connectivity index (χ3n) is 3.27. The standard InChI is InChI=1S/C16H23N3O/c1-6-17-16(4,5)15-18-14(19-20-15)10-13-8-11(2)7-12(3)9-13/h7-9,17H,6,10H2,1-5H3. The number of nitrogens with one attached hydrogen (secondary N) is 1. The predicted octanol–water partition coefficient (Wildman–Crippen LogP) is 3.12. The minimum atomic E-state index is -0.289. The van der Waals surface area contributed by atoms with Crippen LogP contribution in [0, 0.1) is 13.8 Å². The SMILES string of the molecule is CCNC(C)(C)c1nc(Cc2cc(C)cc(C)c2)no1. The third kappa shape index (κ3) is 3.45. The Morgan fingerprint density at radius 2 is 1.80 bits per heavy atom. The number of aryl methyl sites for hydroxylation is 2. The van der Waals surface area contributed by atoms with Crippen LogP contribution in [0.5, 0.6) is 0 Å². The Balaban J connectivity index is 2.17. The van der Waals surface area contributed by atoms with Crippen LogP contribution in [0.1, 0.15) is 49.2 Å². The summed E-state index contributed by atoms with van der Waals surface area (Å²) in [6, 6.07) is 6.50. The van der Waals surface area contributed by atoms with Crippen molar-refractivity contribution < 1.29 is 4.52 Å². The number of rotatable bonds is 5. The van der Waals surface area contributed by atoms with Crippen LogP contribution in [0.15, 0.2) is 22.7 Å². The maximum absolute atomic E-state index is 5.39. The second kappa shape index (κ2) is 5.75. The van der Waals surface area contributed by atoms with Gasteiger partial charge >= 0.3 is 0 Å². The number of hydrogen-bond donors (Lipinski definition) is 1. The summed E-state index contributed by atoms with van der Waals surface area (Å²) in [6.07, 6.45) is 0.703. The predicted molar refractivity (Wildman–Crippen MR) is 79.7 cm³/mol. The first-order chi connectivity index (χ1) is 9.40. The van der Waals surface area contributed by atoms with E-state index >= 15 is 0 Å². The molecule has 2 rings (SSSR count). The fourth-order valence-corrected chi connectivity index (χ4v) is 2.45. The van der Waals surface area contributed by atoms with E-state index in [1.54, 1.807) is 0 Å². The summed E-state index contributed by atoms with van der Waals surface area (Å²) < 4.78 is 5.39. The zero-order chi connectivity index (χ0) is 14.8. The zero-order valence-electron chi connectivity index (χ0n) is 12.9. The van der Waals surface area contributed by atoms with Gasteiger partial charge in [0.25, 0.3) is 0 Å². The summed E-state index contributed by atoms with van der Waals surface area (Å²) in [4.78, 5) is 4.51. The third-order valence-corrected chi connectivity index (χ3v) is 3.27. The average molecular weight is 273 g/mol. The molecule has 20 heavy (non-hydrogen) atoms. The van der Waals surface area contributed by atoms with Crippen molar-refractivity contribution in [3.63, 3.8) is 0 Å². The molecular weight excluding hydrogens is 250 g/mol. The van der Waals surface area contributed by atoms with Gasteiger partial charge in [-0.15, -0.1) is 0 Å². The van der Waals surface area contributed by atoms with Crippen molar-refractivity contribution in [2.75, 3.05) is 6.54 Å². The number of aromatic nitrogens is 2. The molecule has 0 amide bonds. The Bertz CT molecular complexity index is 567. The molecule has 1 aromatic heterocycles. The van der Waals surface area contributed by atoms with Crippen LogP contribution in [-0.4, -0.2) is 16.7 Å². The summed E-state index contributed by atoms with van der Waals surface area (Å²) >= 11 is 0. The van der Waals surface area contributed by atoms with Gasteiger partial charge in [0.1, 0.15) is 0 Å². The van der Waals surface area contributed by atoms with Crippen LogP contribution < -0.4 is 5.32 Å². The van der Waals surface area contributed by atoms with Gasteiger partial charge in [0, 0.05) is 6.42 Å². The molecule has 2 aromatic rings. The summed E-state index contributed by atoms with van der Waals surface area (Å²) in [7, 11) is 0. The first-order valence-electron chi connectivity index (χ1n) is 7.06. The van der Waals surface area contributed by atoms with Crippen molar-refractivity contribution in [2.45, 2.75) is 46.6 Å². The van der Waals surface area contributed by atoms with Gasteiger partial charge in [-0.3, -0.25) is 0 Å². The normalized spacial score (nSPS) is 11.8. The number of benzene rings is 1. The molecule has 108 valence electrons. The molecule has 1 aromatic carbocycles. The van der Waals surface area contributed by atoms with Gasteiger partial charge in [-0.25, -0.2) is 0 Å². The van der Waals surface area contributed by atoms with Crippen molar-refractivity contribution in [1.29, 1.82) is 0 Å². The Morgan fingerprint density at radius 3 is 2.40 bits per heavy atom. The quantitative estimate of drug-likeness (QED) is 0.909. The molecule has 0 aliphatic carbocycles. The highest BCUT2D eigenvalue weighted by Crippen LogP contribution is 2.19. The van der Waals surface area contributed by atoms with E-state index in [9.17, 15) is 0 Å². The second-order valence-corrected chi connectivity index (χ2v) is 5.84. The molecule has 0 saturated heterocycles. The van der Waals surface area contributed by atoms with E-state index in [0.29, 0.717) is 12.3 Å². The Hall–Kier alpha value is -1.68. The van der Waals surface area contributed by atoms with Crippen LogP contribution in [0.25, 0.3) is 0 Å². The number of hydrogen-bond acceptors (Lipinski definition) is 4. The van der Waals surface area contributed by atoms with E-state index < -0.39 is 0 Å². The van der Waals surface area contributed by atoms with Gasteiger partial charge in [-0.05, 0) is 39.8 Å². The smallest absolute Gasteiger partial charge is 0.246 e. The van der Waals surface area contributed by atoms with E-state index in [-0.39, 0.29) is 5.54 Å². The molecule has 0 atom stereocenters. The van der Waals surface area contributed by atoms with E-state index in [1.807, 2.05) is 13.8 Å². The molecule has 1 N–H and O–H groups in total. The lowest BCUT2D eigenvalue weighted by Crippen LogP contribution is -2.36. The number of nitrogens with zero attached hydrogens (tertiary/aromatic N) is 2. The second-order valence-electron chi connectivity index (χ2n) is 5.84. The summed E-state index contributed by atoms with van der Waals surface area (Å²) in [5, 5.41) is 7.43. The largest absolute Gasteiger partial charge is 0.337 e. The first kappa shape index (κ1) is 14.7. The van der Waals surface area contributed by atoms with Crippen LogP contribution >= 0.6 is 0 Å². The highest BCUT2D eigenvalue weighted by molar-refractivity contribution is 5.30. The molecule has 0 unspecified atom stereocenters. The van der Waals surface area contributed by atoms with Crippen molar-refractivity contribution in [1.82, 2.24) is 15.5 Å². The highest BCUT2D eigenvalue weighted by Gasteiger charge is 2.26. The Morgan fingerprint density at radius 1 is 1.15 bits per heavy atom. The maximum Gasteiger partial charge on any atom is 0.246 e. The van der Waals surface area contributed by atoms with Crippen molar-refractivity contribution >= 4 is 0 Å². The Kier molecular flexibility index (Phi) is 4.23. The van der Waals surface area contributed by atoms with Gasteiger partial charge in [0.05, 0.1) is 5.54 Å². The minimum Gasteiger partial charge on any atom is -0.337 e. The van der Waals surface area contributed by atoms with Crippen LogP contribution in [0.3, 0.4) is 0 Å². The molecular formula is C16H23N3O. The lowest BCUT2D eigenvalue weighted by Gasteiger charge is -2.20. The van der Waals surface area contributed by atoms with Crippen LogP contribution in [0.2, 0.25) is 0 Å². The van der Waals surface area contributed by atoms with Crippen molar-refractivity contribution in [3.8, 4) is 0 Å². The maximum atomic E-state index is 5.39. The molecule has 4 nitrogen and oxygen atoms in total. The first-order valence-corrected chi connectivity index (χ1v) is 7.06. The van der Waals surface area contributed by atoms with Crippen LogP contribution in [0.4, 0.5) is 0 Å². The summed E-state index contributed by atoms with van der Waals surface area (Å²) in [6.45, 7) is 11.2. The molecule has 0 aliphatic rings. The van der Waals surface area contributed by atoms with E-state index in [2.05, 4.69) is 54.4 Å². The molecule has 1 heterocycles. The lowest BCUT2D eigenvalue weighted by molar-refractivity contribution is 0.271. The van der Waals surface area contributed by atoms with E-state index in [4.69, 9.17) is 4.52 Å². The fraction of sp³-hybridized carbons (Fsp3) is 0.500. The van der Waals surface area contributed by atoms with Gasteiger partial charge < -0.3 is 9.84 Å². The van der Waals surface area contributed by atoms with Crippen molar-refractivity contribution in [3.05, 3.63) is 46.6 Å². The Labute approximate surface area is 120 Å². The van der Waals surface area contributed by atoms with Crippen molar-refractivity contribution in [2.24, 2.45) is 0 Å². The van der Waals surface area contributed by atoms with Crippen LogP contribution in [-0.2, 0) is 12.0 Å². The topological polar surface area (TPSA) is 51.0 Å².